The first-order chi connectivity index (χ1) is 8.88. The predicted octanol–water partition coefficient (Wildman–Crippen LogP) is 1.61. The van der Waals surface area contributed by atoms with E-state index in [0.717, 1.165) is 18.9 Å². The summed E-state index contributed by atoms with van der Waals surface area (Å²) in [6, 6.07) is 1.13. The van der Waals surface area contributed by atoms with Crippen LogP contribution in [-0.4, -0.2) is 20.9 Å². The second kappa shape index (κ2) is 5.64. The van der Waals surface area contributed by atoms with E-state index in [1.165, 1.54) is 12.8 Å². The first-order valence-corrected chi connectivity index (χ1v) is 8.32. The van der Waals surface area contributed by atoms with Gasteiger partial charge in [0.2, 0.25) is 10.0 Å². The Kier molecular flexibility index (Phi) is 4.32. The van der Waals surface area contributed by atoms with E-state index in [-0.39, 0.29) is 15.3 Å². The van der Waals surface area contributed by atoms with Crippen LogP contribution in [0, 0.1) is 5.92 Å². The molecule has 0 radical (unpaired) electrons. The third-order valence-corrected chi connectivity index (χ3v) is 4.98. The van der Waals surface area contributed by atoms with Crippen LogP contribution in [0.15, 0.2) is 20.0 Å². The van der Waals surface area contributed by atoms with Crippen LogP contribution in [0.1, 0.15) is 36.2 Å². The molecule has 1 aliphatic rings. The number of hydrogen-bond donors (Lipinski definition) is 2. The minimum absolute atomic E-state index is 0.0546. The van der Waals surface area contributed by atoms with Gasteiger partial charge in [-0.2, -0.15) is 0 Å². The molecule has 2 rings (SSSR count). The summed E-state index contributed by atoms with van der Waals surface area (Å²) in [6.07, 6.45) is 4.62. The number of sulfonamides is 1. The van der Waals surface area contributed by atoms with Gasteiger partial charge in [0.25, 0.3) is 5.91 Å². The molecule has 0 atom stereocenters. The first-order valence-electron chi connectivity index (χ1n) is 5.98. The van der Waals surface area contributed by atoms with Crippen LogP contribution < -0.4 is 10.5 Å². The molecule has 0 aliphatic heterocycles. The van der Waals surface area contributed by atoms with Gasteiger partial charge in [-0.25, -0.2) is 13.6 Å². The number of halogens is 1. The van der Waals surface area contributed by atoms with E-state index in [2.05, 4.69) is 21.2 Å². The van der Waals surface area contributed by atoms with Crippen LogP contribution in [0.5, 0.6) is 0 Å². The Morgan fingerprint density at radius 2 is 2.11 bits per heavy atom. The molecule has 0 bridgehead atoms. The van der Waals surface area contributed by atoms with Crippen LogP contribution in [-0.2, 0) is 10.0 Å². The highest BCUT2D eigenvalue weighted by atomic mass is 79.9. The molecule has 6 nitrogen and oxygen atoms in total. The minimum Gasteiger partial charge on any atom is -0.443 e. The van der Waals surface area contributed by atoms with E-state index in [1.54, 1.807) is 0 Å². The van der Waals surface area contributed by atoms with Gasteiger partial charge < -0.3 is 9.73 Å². The molecule has 1 amide bonds. The van der Waals surface area contributed by atoms with Crippen molar-refractivity contribution in [2.75, 3.05) is 6.54 Å². The lowest BCUT2D eigenvalue weighted by atomic mass is 10.1. The van der Waals surface area contributed by atoms with Crippen LogP contribution in [0.2, 0.25) is 0 Å². The highest BCUT2D eigenvalue weighted by Crippen LogP contribution is 2.26. The lowest BCUT2D eigenvalue weighted by Gasteiger charge is -2.08. The average Bonchev–Trinajstić information content (AvgIpc) is 2.93. The molecular formula is C11H15BrN2O4S. The summed E-state index contributed by atoms with van der Waals surface area (Å²) in [7, 11) is -3.90. The maximum absolute atomic E-state index is 11.8. The number of amides is 1. The van der Waals surface area contributed by atoms with E-state index >= 15 is 0 Å². The van der Waals surface area contributed by atoms with Crippen molar-refractivity contribution in [3.63, 3.8) is 0 Å². The topological polar surface area (TPSA) is 102 Å². The zero-order valence-corrected chi connectivity index (χ0v) is 12.6. The standard InChI is InChI=1S/C11H15BrN2O4S/c12-10-9(19(13,16)17)5-8(18-10)11(15)14-6-7-3-1-2-4-7/h5,7H,1-4,6H2,(H,14,15)(H2,13,16,17). The van der Waals surface area contributed by atoms with Crippen molar-refractivity contribution in [1.82, 2.24) is 5.32 Å². The number of carbonyl (C=O) groups excluding carboxylic acids is 1. The minimum atomic E-state index is -3.90. The molecule has 19 heavy (non-hydrogen) atoms. The molecule has 0 saturated heterocycles. The van der Waals surface area contributed by atoms with E-state index in [9.17, 15) is 13.2 Å². The molecule has 1 fully saturated rings. The Labute approximate surface area is 119 Å². The van der Waals surface area contributed by atoms with Crippen molar-refractivity contribution in [1.29, 1.82) is 0 Å². The fraction of sp³-hybridized carbons (Fsp3) is 0.545. The van der Waals surface area contributed by atoms with Crippen molar-refractivity contribution in [3.8, 4) is 0 Å². The SMILES string of the molecule is NS(=O)(=O)c1cc(C(=O)NCC2CCCC2)oc1Br. The zero-order valence-electron chi connectivity index (χ0n) is 10.2. The summed E-state index contributed by atoms with van der Waals surface area (Å²) in [5.74, 6) is 0.0106. The number of nitrogens with two attached hydrogens (primary N) is 1. The van der Waals surface area contributed by atoms with Gasteiger partial charge in [-0.15, -0.1) is 0 Å². The van der Waals surface area contributed by atoms with Crippen molar-refractivity contribution in [3.05, 3.63) is 16.5 Å². The number of hydrogen-bond acceptors (Lipinski definition) is 4. The Balaban J connectivity index is 2.03. The normalized spacial score (nSPS) is 16.7. The zero-order chi connectivity index (χ0) is 14.0. The molecule has 1 aliphatic carbocycles. The van der Waals surface area contributed by atoms with Crippen molar-refractivity contribution in [2.24, 2.45) is 11.1 Å². The highest BCUT2D eigenvalue weighted by Gasteiger charge is 2.23. The van der Waals surface area contributed by atoms with Crippen molar-refractivity contribution < 1.29 is 17.6 Å². The van der Waals surface area contributed by atoms with Gasteiger partial charge in [-0.3, -0.25) is 4.79 Å². The summed E-state index contributed by atoms with van der Waals surface area (Å²) >= 11 is 2.93. The molecule has 0 spiro atoms. The van der Waals surface area contributed by atoms with E-state index in [1.807, 2.05) is 0 Å². The fourth-order valence-electron chi connectivity index (χ4n) is 2.20. The van der Waals surface area contributed by atoms with Gasteiger partial charge in [-0.05, 0) is 34.7 Å². The second-order valence-corrected chi connectivity index (χ2v) is 6.90. The summed E-state index contributed by atoms with van der Waals surface area (Å²) in [5, 5.41) is 7.74. The Hall–Kier alpha value is -0.860. The number of primary sulfonamides is 1. The van der Waals surface area contributed by atoms with Gasteiger partial charge in [-0.1, -0.05) is 12.8 Å². The van der Waals surface area contributed by atoms with Gasteiger partial charge in [0.1, 0.15) is 4.90 Å². The number of nitrogens with one attached hydrogen (secondary N) is 1. The lowest BCUT2D eigenvalue weighted by molar-refractivity contribution is 0.0918. The average molecular weight is 351 g/mol. The molecule has 106 valence electrons. The largest absolute Gasteiger partial charge is 0.443 e. The molecule has 0 aromatic carbocycles. The Bertz CT molecular complexity index is 576. The van der Waals surface area contributed by atoms with Crippen LogP contribution in [0.25, 0.3) is 0 Å². The van der Waals surface area contributed by atoms with E-state index in [4.69, 9.17) is 9.56 Å². The molecule has 1 aromatic heterocycles. The molecule has 1 saturated carbocycles. The monoisotopic (exact) mass is 350 g/mol. The van der Waals surface area contributed by atoms with E-state index in [0.29, 0.717) is 12.5 Å². The van der Waals surface area contributed by atoms with Crippen LogP contribution >= 0.6 is 15.9 Å². The lowest BCUT2D eigenvalue weighted by Crippen LogP contribution is -2.28. The second-order valence-electron chi connectivity index (χ2n) is 4.65. The Morgan fingerprint density at radius 3 is 2.63 bits per heavy atom. The van der Waals surface area contributed by atoms with Crippen molar-refractivity contribution >= 4 is 31.9 Å². The fourth-order valence-corrected chi connectivity index (χ4v) is 3.70. The molecule has 3 N–H and O–H groups in total. The van der Waals surface area contributed by atoms with Gasteiger partial charge in [0.05, 0.1) is 0 Å². The van der Waals surface area contributed by atoms with Gasteiger partial charge >= 0.3 is 0 Å². The third kappa shape index (κ3) is 3.58. The molecule has 0 unspecified atom stereocenters. The summed E-state index contributed by atoms with van der Waals surface area (Å²) in [4.78, 5) is 11.6. The molecular weight excluding hydrogens is 336 g/mol. The first kappa shape index (κ1) is 14.5. The number of furan rings is 1. The number of rotatable bonds is 4. The van der Waals surface area contributed by atoms with Gasteiger partial charge in [0.15, 0.2) is 10.4 Å². The van der Waals surface area contributed by atoms with Crippen LogP contribution in [0.4, 0.5) is 0 Å². The van der Waals surface area contributed by atoms with E-state index < -0.39 is 15.9 Å². The van der Waals surface area contributed by atoms with Gasteiger partial charge in [0, 0.05) is 12.6 Å². The maximum atomic E-state index is 11.8. The number of carbonyl (C=O) groups is 1. The maximum Gasteiger partial charge on any atom is 0.287 e. The Morgan fingerprint density at radius 1 is 1.47 bits per heavy atom. The van der Waals surface area contributed by atoms with Crippen LogP contribution in [0.3, 0.4) is 0 Å². The smallest absolute Gasteiger partial charge is 0.287 e. The molecule has 1 aromatic rings. The van der Waals surface area contributed by atoms with Crippen molar-refractivity contribution in [2.45, 2.75) is 30.6 Å². The highest BCUT2D eigenvalue weighted by molar-refractivity contribution is 9.10. The third-order valence-electron chi connectivity index (χ3n) is 3.21. The molecule has 8 heteroatoms. The molecule has 1 heterocycles. The quantitative estimate of drug-likeness (QED) is 0.860. The summed E-state index contributed by atoms with van der Waals surface area (Å²) in [6.45, 7) is 0.585. The predicted molar refractivity (Wildman–Crippen MR) is 72.1 cm³/mol. The summed E-state index contributed by atoms with van der Waals surface area (Å²) < 4.78 is 27.4. The summed E-state index contributed by atoms with van der Waals surface area (Å²) in [5.41, 5.74) is 0.